The van der Waals surface area contributed by atoms with Gasteiger partial charge in [0.2, 0.25) is 17.3 Å². The van der Waals surface area contributed by atoms with Crippen molar-refractivity contribution < 1.29 is 23.2 Å². The number of carbonyl (C=O) groups is 2. The molecule has 1 amide bonds. The molecule has 37 heavy (non-hydrogen) atoms. The van der Waals surface area contributed by atoms with Gasteiger partial charge in [0, 0.05) is 23.1 Å². The molecule has 0 spiro atoms. The molecular formula is C30H24N2O5. The molecule has 6 rings (SSSR count). The number of nitrogens with zero attached hydrogens (tertiary/aromatic N) is 1. The molecule has 7 heteroatoms. The third-order valence-corrected chi connectivity index (χ3v) is 6.54. The van der Waals surface area contributed by atoms with Crippen LogP contribution in [-0.4, -0.2) is 22.3 Å². The van der Waals surface area contributed by atoms with E-state index in [0.29, 0.717) is 24.0 Å². The Labute approximate surface area is 213 Å². The first-order valence-electron chi connectivity index (χ1n) is 12.0. The van der Waals surface area contributed by atoms with Crippen molar-refractivity contribution in [2.75, 3.05) is 5.32 Å². The van der Waals surface area contributed by atoms with Crippen LogP contribution >= 0.6 is 0 Å². The number of nitrogens with one attached hydrogen (secondary N) is 1. The lowest BCUT2D eigenvalue weighted by atomic mass is 9.87. The van der Waals surface area contributed by atoms with Crippen LogP contribution < -0.4 is 5.32 Å². The quantitative estimate of drug-likeness (QED) is 0.284. The first kappa shape index (κ1) is 22.9. The van der Waals surface area contributed by atoms with Crippen LogP contribution in [0, 0.1) is 0 Å². The number of pyridine rings is 1. The van der Waals surface area contributed by atoms with Crippen molar-refractivity contribution in [3.8, 4) is 11.3 Å². The predicted molar refractivity (Wildman–Crippen MR) is 139 cm³/mol. The summed E-state index contributed by atoms with van der Waals surface area (Å²) in [7, 11) is 0. The molecule has 1 N–H and O–H groups in total. The van der Waals surface area contributed by atoms with E-state index in [1.165, 1.54) is 6.26 Å². The summed E-state index contributed by atoms with van der Waals surface area (Å²) < 4.78 is 17.7. The van der Waals surface area contributed by atoms with Gasteiger partial charge in [0.15, 0.2) is 5.76 Å². The Morgan fingerprint density at radius 3 is 2.35 bits per heavy atom. The average Bonchev–Trinajstić information content (AvgIpc) is 3.57. The highest BCUT2D eigenvalue weighted by molar-refractivity contribution is 6.19. The van der Waals surface area contributed by atoms with Gasteiger partial charge in [-0.15, -0.1) is 0 Å². The van der Waals surface area contributed by atoms with Crippen LogP contribution in [0.1, 0.15) is 51.6 Å². The van der Waals surface area contributed by atoms with Crippen molar-refractivity contribution >= 4 is 28.5 Å². The Bertz CT molecular complexity index is 1620. The van der Waals surface area contributed by atoms with Gasteiger partial charge in [-0.2, -0.15) is 0 Å². The third-order valence-electron chi connectivity index (χ3n) is 6.54. The van der Waals surface area contributed by atoms with Gasteiger partial charge in [0.1, 0.15) is 5.69 Å². The van der Waals surface area contributed by atoms with Crippen molar-refractivity contribution in [3.05, 3.63) is 107 Å². The number of rotatable bonds is 5. The summed E-state index contributed by atoms with van der Waals surface area (Å²) >= 11 is 0. The Balaban J connectivity index is 1.62. The van der Waals surface area contributed by atoms with Gasteiger partial charge in [-0.05, 0) is 31.5 Å². The number of benzene rings is 2. The summed E-state index contributed by atoms with van der Waals surface area (Å²) in [6, 6.07) is 21.8. The summed E-state index contributed by atoms with van der Waals surface area (Å²) in [5, 5.41) is 3.50. The van der Waals surface area contributed by atoms with E-state index >= 15 is 0 Å². The number of hydrogen-bond donors (Lipinski definition) is 1. The number of fused-ring (bicyclic) bond motifs is 3. The van der Waals surface area contributed by atoms with Gasteiger partial charge in [-0.1, -0.05) is 60.7 Å². The lowest BCUT2D eigenvalue weighted by Crippen LogP contribution is -2.32. The molecule has 5 aromatic rings. The van der Waals surface area contributed by atoms with Crippen molar-refractivity contribution in [1.82, 2.24) is 4.98 Å². The molecule has 3 aromatic heterocycles. The standard InChI is InChI=1S/C30H24N2O5/c1-30(2)16-20-21(17-36-30)24(18-10-5-3-6-11-18)32-29-23(20)25(31-28(34)22-14-9-15-35-22)27(37-29)26(33)19-12-7-4-8-13-19/h3-15H,16-17H2,1-2H3,(H,31,34). The Hall–Kier alpha value is -4.49. The van der Waals surface area contributed by atoms with Gasteiger partial charge in [-0.25, -0.2) is 4.98 Å². The van der Waals surface area contributed by atoms with E-state index in [2.05, 4.69) is 5.32 Å². The smallest absolute Gasteiger partial charge is 0.291 e. The average molecular weight is 493 g/mol. The number of anilines is 1. The number of amides is 1. The maximum absolute atomic E-state index is 13.6. The summed E-state index contributed by atoms with van der Waals surface area (Å²) in [5.74, 6) is -0.694. The minimum absolute atomic E-state index is 0.0188. The summed E-state index contributed by atoms with van der Waals surface area (Å²) in [5.41, 5.74) is 4.04. The largest absolute Gasteiger partial charge is 0.459 e. The molecule has 4 heterocycles. The second-order valence-corrected chi connectivity index (χ2v) is 9.62. The lowest BCUT2D eigenvalue weighted by molar-refractivity contribution is -0.0395. The van der Waals surface area contributed by atoms with Gasteiger partial charge in [0.05, 0.1) is 29.6 Å². The molecule has 0 saturated carbocycles. The molecule has 0 fully saturated rings. The third kappa shape index (κ3) is 4.13. The van der Waals surface area contributed by atoms with Crippen molar-refractivity contribution in [1.29, 1.82) is 0 Å². The van der Waals surface area contributed by atoms with Crippen LogP contribution in [0.3, 0.4) is 0 Å². The van der Waals surface area contributed by atoms with Crippen LogP contribution in [0.5, 0.6) is 0 Å². The number of ether oxygens (including phenoxy) is 1. The number of hydrogen-bond acceptors (Lipinski definition) is 6. The summed E-state index contributed by atoms with van der Waals surface area (Å²) in [6.45, 7) is 4.37. The molecule has 2 aromatic carbocycles. The fraction of sp³-hybridized carbons (Fsp3) is 0.167. The van der Waals surface area contributed by atoms with E-state index in [0.717, 1.165) is 22.4 Å². The second-order valence-electron chi connectivity index (χ2n) is 9.62. The number of furan rings is 2. The van der Waals surface area contributed by atoms with E-state index in [1.807, 2.05) is 50.2 Å². The number of ketones is 1. The minimum atomic E-state index is -0.484. The SMILES string of the molecule is CC1(C)Cc2c(c(-c3ccccc3)nc3oc(C(=O)c4ccccc4)c(NC(=O)c4ccco4)c23)CO1. The van der Waals surface area contributed by atoms with E-state index in [-0.39, 0.29) is 28.7 Å². The fourth-order valence-electron chi connectivity index (χ4n) is 4.75. The van der Waals surface area contributed by atoms with Crippen LogP contribution in [-0.2, 0) is 17.8 Å². The van der Waals surface area contributed by atoms with E-state index < -0.39 is 11.5 Å². The minimum Gasteiger partial charge on any atom is -0.459 e. The second kappa shape index (κ2) is 8.87. The molecule has 184 valence electrons. The first-order valence-corrected chi connectivity index (χ1v) is 12.0. The van der Waals surface area contributed by atoms with Gasteiger partial charge >= 0.3 is 0 Å². The first-order chi connectivity index (χ1) is 17.9. The zero-order valence-corrected chi connectivity index (χ0v) is 20.4. The van der Waals surface area contributed by atoms with Crippen LogP contribution in [0.4, 0.5) is 5.69 Å². The molecule has 0 bridgehead atoms. The highest BCUT2D eigenvalue weighted by atomic mass is 16.5. The van der Waals surface area contributed by atoms with E-state index in [4.69, 9.17) is 18.6 Å². The van der Waals surface area contributed by atoms with Gasteiger partial charge < -0.3 is 18.9 Å². The molecular weight excluding hydrogens is 468 g/mol. The fourth-order valence-corrected chi connectivity index (χ4v) is 4.75. The molecule has 1 aliphatic heterocycles. The predicted octanol–water partition coefficient (Wildman–Crippen LogP) is 6.42. The zero-order chi connectivity index (χ0) is 25.6. The van der Waals surface area contributed by atoms with E-state index in [1.54, 1.807) is 36.4 Å². The molecule has 1 aliphatic rings. The highest BCUT2D eigenvalue weighted by Crippen LogP contribution is 2.43. The number of carbonyl (C=O) groups excluding carboxylic acids is 2. The summed E-state index contributed by atoms with van der Waals surface area (Å²) in [4.78, 5) is 31.6. The maximum Gasteiger partial charge on any atom is 0.291 e. The Kier molecular flexibility index (Phi) is 5.50. The number of aromatic nitrogens is 1. The molecule has 0 unspecified atom stereocenters. The van der Waals surface area contributed by atoms with Crippen molar-refractivity contribution in [3.63, 3.8) is 0 Å². The normalized spacial score (nSPS) is 14.3. The molecule has 7 nitrogen and oxygen atoms in total. The van der Waals surface area contributed by atoms with Gasteiger partial charge in [0.25, 0.3) is 5.91 Å². The van der Waals surface area contributed by atoms with Crippen LogP contribution in [0.15, 0.2) is 87.9 Å². The lowest BCUT2D eigenvalue weighted by Gasteiger charge is -2.33. The Morgan fingerprint density at radius 2 is 1.65 bits per heavy atom. The van der Waals surface area contributed by atoms with Crippen molar-refractivity contribution in [2.24, 2.45) is 0 Å². The molecule has 0 radical (unpaired) electrons. The zero-order valence-electron chi connectivity index (χ0n) is 20.4. The van der Waals surface area contributed by atoms with Gasteiger partial charge in [-0.3, -0.25) is 9.59 Å². The van der Waals surface area contributed by atoms with E-state index in [9.17, 15) is 9.59 Å². The highest BCUT2D eigenvalue weighted by Gasteiger charge is 2.35. The molecule has 0 atom stereocenters. The topological polar surface area (TPSA) is 94.6 Å². The van der Waals surface area contributed by atoms with Crippen LogP contribution in [0.2, 0.25) is 0 Å². The van der Waals surface area contributed by atoms with Crippen LogP contribution in [0.25, 0.3) is 22.4 Å². The maximum atomic E-state index is 13.6. The Morgan fingerprint density at radius 1 is 0.919 bits per heavy atom. The molecule has 0 saturated heterocycles. The molecule has 0 aliphatic carbocycles. The summed E-state index contributed by atoms with van der Waals surface area (Å²) in [6.07, 6.45) is 1.97. The van der Waals surface area contributed by atoms with Crippen molar-refractivity contribution in [2.45, 2.75) is 32.5 Å². The monoisotopic (exact) mass is 492 g/mol.